The molecule has 0 aromatic rings. The van der Waals surface area contributed by atoms with E-state index in [1.165, 1.54) is 12.8 Å². The van der Waals surface area contributed by atoms with Crippen molar-refractivity contribution in [1.82, 2.24) is 0 Å². The lowest BCUT2D eigenvalue weighted by Crippen LogP contribution is -2.02. The van der Waals surface area contributed by atoms with Gasteiger partial charge in [0.2, 0.25) is 0 Å². The highest BCUT2D eigenvalue weighted by Crippen LogP contribution is 2.21. The van der Waals surface area contributed by atoms with E-state index in [4.69, 9.17) is 33.2 Å². The zero-order chi connectivity index (χ0) is 8.04. The number of allylic oxidation sites excluding steroid dienone is 1. The van der Waals surface area contributed by atoms with Crippen LogP contribution in [0.15, 0.2) is 11.8 Å². The Hall–Kier alpha value is 0.827. The van der Waals surface area contributed by atoms with Crippen molar-refractivity contribution in [2.24, 2.45) is 0 Å². The molecule has 0 aromatic carbocycles. The van der Waals surface area contributed by atoms with Gasteiger partial charge in [-0.05, 0) is 6.42 Å². The maximum absolute atomic E-state index is 5.60. The van der Waals surface area contributed by atoms with Crippen LogP contribution in [0.1, 0.15) is 26.2 Å². The zero-order valence-corrected chi connectivity index (χ0v) is 9.18. The summed E-state index contributed by atoms with van der Waals surface area (Å²) >= 11 is 16.8. The molecule has 0 amide bonds. The quantitative estimate of drug-likeness (QED) is 0.380. The fourth-order valence-electron chi connectivity index (χ4n) is 0.539. The van der Waals surface area contributed by atoms with E-state index in [0.29, 0.717) is 0 Å². The van der Waals surface area contributed by atoms with Gasteiger partial charge in [-0.3, -0.25) is 0 Å². The van der Waals surface area contributed by atoms with Crippen molar-refractivity contribution in [3.8, 4) is 0 Å². The summed E-state index contributed by atoms with van der Waals surface area (Å²) in [7, 11) is 0. The van der Waals surface area contributed by atoms with Gasteiger partial charge in [-0.15, -0.1) is 33.2 Å². The molecule has 0 aromatic heterocycles. The summed E-state index contributed by atoms with van der Waals surface area (Å²) in [6.45, 7) is 2.14. The topological polar surface area (TPSA) is 0 Å². The van der Waals surface area contributed by atoms with Crippen LogP contribution >= 0.6 is 33.2 Å². The molecule has 0 aliphatic carbocycles. The molecule has 60 valence electrons. The van der Waals surface area contributed by atoms with Gasteiger partial charge in [0.25, 0.3) is 0 Å². The van der Waals surface area contributed by atoms with E-state index in [1.54, 1.807) is 5.70 Å². The number of rotatable bonds is 4. The summed E-state index contributed by atoms with van der Waals surface area (Å²) < 4.78 is 0. The van der Waals surface area contributed by atoms with Crippen LogP contribution in [0.3, 0.4) is 0 Å². The molecular formula is C6H11Cl3Si. The molecule has 0 rings (SSSR count). The van der Waals surface area contributed by atoms with Gasteiger partial charge < -0.3 is 0 Å². The third-order valence-electron chi connectivity index (χ3n) is 1.03. The molecule has 0 N–H and O–H groups in total. The first-order valence-corrected chi connectivity index (χ1v) is 8.42. The minimum Gasteiger partial charge on any atom is -0.121 e. The minimum atomic E-state index is -2.47. The molecule has 0 radical (unpaired) electrons. The molecule has 0 heterocycles. The van der Waals surface area contributed by atoms with Crippen molar-refractivity contribution in [3.63, 3.8) is 0 Å². The van der Waals surface area contributed by atoms with Crippen LogP contribution < -0.4 is 0 Å². The molecule has 0 saturated heterocycles. The summed E-state index contributed by atoms with van der Waals surface area (Å²) in [5.41, 5.74) is 1.73. The Morgan fingerprint density at radius 2 is 1.90 bits per heavy atom. The first-order chi connectivity index (χ1) is 4.56. The van der Waals surface area contributed by atoms with Gasteiger partial charge in [0.05, 0.1) is 0 Å². The molecule has 0 unspecified atom stereocenters. The number of hydrogen-bond donors (Lipinski definition) is 0. The van der Waals surface area contributed by atoms with Gasteiger partial charge in [-0.25, -0.2) is 0 Å². The fourth-order valence-corrected chi connectivity index (χ4v) is 1.77. The number of unbranched alkanes of at least 4 members (excludes halogenated alkanes) is 2. The molecule has 10 heavy (non-hydrogen) atoms. The standard InChI is InChI=1S/C6H11Cl3Si/c1-2-3-4-5-6-10(7,8)9/h5-6H,2-4H2,1H3. The van der Waals surface area contributed by atoms with E-state index in [-0.39, 0.29) is 0 Å². The Balaban J connectivity index is 3.37. The summed E-state index contributed by atoms with van der Waals surface area (Å²) in [5.74, 6) is 0. The van der Waals surface area contributed by atoms with E-state index >= 15 is 0 Å². The molecule has 0 aliphatic rings. The van der Waals surface area contributed by atoms with E-state index in [1.807, 2.05) is 6.08 Å². The summed E-state index contributed by atoms with van der Waals surface area (Å²) in [6, 6.07) is -2.47. The molecule has 0 fully saturated rings. The number of halogens is 3. The fraction of sp³-hybridized carbons (Fsp3) is 0.667. The third kappa shape index (κ3) is 8.83. The van der Waals surface area contributed by atoms with Gasteiger partial charge in [0.15, 0.2) is 0 Å². The van der Waals surface area contributed by atoms with Gasteiger partial charge in [-0.2, -0.15) is 0 Å². The van der Waals surface area contributed by atoms with Crippen LogP contribution in [0, 0.1) is 0 Å². The maximum atomic E-state index is 5.60. The predicted octanol–water partition coefficient (Wildman–Crippen LogP) is 3.93. The average Bonchev–Trinajstić information content (AvgIpc) is 1.78. The Labute approximate surface area is 77.3 Å². The average molecular weight is 218 g/mol. The van der Waals surface area contributed by atoms with Gasteiger partial charge in [-0.1, -0.05) is 31.5 Å². The molecule has 0 spiro atoms. The highest BCUT2D eigenvalue weighted by Gasteiger charge is 2.19. The van der Waals surface area contributed by atoms with Crippen LogP contribution in [0.5, 0.6) is 0 Å². The third-order valence-corrected chi connectivity index (χ3v) is 2.78. The van der Waals surface area contributed by atoms with Crippen molar-refractivity contribution in [1.29, 1.82) is 0 Å². The summed E-state index contributed by atoms with van der Waals surface area (Å²) in [4.78, 5) is 0. The first kappa shape index (κ1) is 10.8. The lowest BCUT2D eigenvalue weighted by atomic mass is 10.2. The van der Waals surface area contributed by atoms with Crippen LogP contribution in [0.25, 0.3) is 0 Å². The Kier molecular flexibility index (Phi) is 5.93. The zero-order valence-electron chi connectivity index (χ0n) is 5.91. The van der Waals surface area contributed by atoms with Crippen LogP contribution in [-0.2, 0) is 0 Å². The predicted molar refractivity (Wildman–Crippen MR) is 52.0 cm³/mol. The second kappa shape index (κ2) is 5.47. The highest BCUT2D eigenvalue weighted by atomic mass is 35.8. The molecule has 0 bridgehead atoms. The van der Waals surface area contributed by atoms with Crippen molar-refractivity contribution in [2.75, 3.05) is 0 Å². The monoisotopic (exact) mass is 216 g/mol. The lowest BCUT2D eigenvalue weighted by molar-refractivity contribution is 0.815. The largest absolute Gasteiger partial charge is 0.365 e. The molecule has 0 nitrogen and oxygen atoms in total. The van der Waals surface area contributed by atoms with Crippen molar-refractivity contribution >= 4 is 39.2 Å². The molecule has 4 heteroatoms. The Morgan fingerprint density at radius 3 is 2.30 bits per heavy atom. The van der Waals surface area contributed by atoms with Gasteiger partial charge in [0.1, 0.15) is 0 Å². The van der Waals surface area contributed by atoms with Crippen LogP contribution in [-0.4, -0.2) is 6.00 Å². The second-order valence-electron chi connectivity index (χ2n) is 2.09. The molecule has 0 atom stereocenters. The van der Waals surface area contributed by atoms with Crippen LogP contribution in [0.4, 0.5) is 0 Å². The molecule has 0 saturated carbocycles. The maximum Gasteiger partial charge on any atom is 0.365 e. The Bertz CT molecular complexity index is 106. The van der Waals surface area contributed by atoms with E-state index in [2.05, 4.69) is 6.92 Å². The molecule has 0 aliphatic heterocycles. The van der Waals surface area contributed by atoms with Crippen molar-refractivity contribution in [2.45, 2.75) is 26.2 Å². The molecular weight excluding hydrogens is 207 g/mol. The highest BCUT2D eigenvalue weighted by molar-refractivity contribution is 7.66. The SMILES string of the molecule is CCCCC=C[Si](Cl)(Cl)Cl. The second-order valence-corrected chi connectivity index (χ2v) is 10.6. The van der Waals surface area contributed by atoms with Crippen molar-refractivity contribution < 1.29 is 0 Å². The summed E-state index contributed by atoms with van der Waals surface area (Å²) in [5, 5.41) is 0. The van der Waals surface area contributed by atoms with Gasteiger partial charge in [0, 0.05) is 0 Å². The smallest absolute Gasteiger partial charge is 0.121 e. The van der Waals surface area contributed by atoms with E-state index in [9.17, 15) is 0 Å². The lowest BCUT2D eigenvalue weighted by Gasteiger charge is -1.97. The Morgan fingerprint density at radius 1 is 1.30 bits per heavy atom. The summed E-state index contributed by atoms with van der Waals surface area (Å²) in [6.07, 6.45) is 5.34. The van der Waals surface area contributed by atoms with Crippen molar-refractivity contribution in [3.05, 3.63) is 11.8 Å². The normalized spacial score (nSPS) is 12.8. The van der Waals surface area contributed by atoms with E-state index < -0.39 is 6.00 Å². The minimum absolute atomic E-state index is 1.03. The first-order valence-electron chi connectivity index (χ1n) is 3.30. The van der Waals surface area contributed by atoms with Crippen LogP contribution in [0.2, 0.25) is 0 Å². The number of hydrogen-bond acceptors (Lipinski definition) is 0. The van der Waals surface area contributed by atoms with Gasteiger partial charge >= 0.3 is 6.00 Å². The van der Waals surface area contributed by atoms with E-state index in [0.717, 1.165) is 6.42 Å².